The first-order chi connectivity index (χ1) is 12.6. The van der Waals surface area contributed by atoms with Gasteiger partial charge < -0.3 is 10.1 Å². The normalized spacial score (nSPS) is 27.5. The first-order valence-electron chi connectivity index (χ1n) is 9.22. The number of carbonyl (C=O) groups excluding carboxylic acids is 1. The van der Waals surface area contributed by atoms with Crippen molar-refractivity contribution >= 4 is 35.0 Å². The fourth-order valence-electron chi connectivity index (χ4n) is 4.60. The van der Waals surface area contributed by atoms with Gasteiger partial charge in [0.1, 0.15) is 5.52 Å². The van der Waals surface area contributed by atoms with Crippen molar-refractivity contribution in [2.75, 3.05) is 11.9 Å². The summed E-state index contributed by atoms with van der Waals surface area (Å²) in [6.45, 7) is 6.07. The van der Waals surface area contributed by atoms with Gasteiger partial charge in [-0.05, 0) is 67.7 Å². The number of esters is 1. The number of nitrogens with zero attached hydrogens (tertiary/aromatic N) is 3. The summed E-state index contributed by atoms with van der Waals surface area (Å²) < 4.78 is 7.08. The van der Waals surface area contributed by atoms with Crippen LogP contribution in [0.3, 0.4) is 0 Å². The van der Waals surface area contributed by atoms with Gasteiger partial charge >= 0.3 is 5.97 Å². The summed E-state index contributed by atoms with van der Waals surface area (Å²) in [6.07, 6.45) is 8.07. The average molecular weight is 375 g/mol. The SMILES string of the molecule is C=Cc1cc2c(N[C@H]3C4CCC(CC4)[C@@H]3C(=O)OCC)nc(Cl)nn2c1. The zero-order valence-electron chi connectivity index (χ0n) is 14.8. The first-order valence-corrected chi connectivity index (χ1v) is 9.60. The molecule has 26 heavy (non-hydrogen) atoms. The Balaban J connectivity index is 1.70. The Morgan fingerprint density at radius 2 is 2.15 bits per heavy atom. The molecule has 3 fully saturated rings. The van der Waals surface area contributed by atoms with Gasteiger partial charge in [-0.3, -0.25) is 4.79 Å². The van der Waals surface area contributed by atoms with Crippen LogP contribution in [0.4, 0.5) is 5.82 Å². The van der Waals surface area contributed by atoms with E-state index in [2.05, 4.69) is 22.0 Å². The molecule has 0 saturated heterocycles. The highest BCUT2D eigenvalue weighted by molar-refractivity contribution is 6.28. The number of aromatic nitrogens is 3. The fraction of sp³-hybridized carbons (Fsp3) is 0.526. The lowest BCUT2D eigenvalue weighted by molar-refractivity contribution is -0.154. The van der Waals surface area contributed by atoms with Gasteiger partial charge in [0.2, 0.25) is 5.28 Å². The second kappa shape index (κ2) is 6.91. The highest BCUT2D eigenvalue weighted by Crippen LogP contribution is 2.47. The molecule has 3 aliphatic rings. The highest BCUT2D eigenvalue weighted by atomic mass is 35.5. The standard InChI is InChI=1S/C19H23ClN4O2/c1-3-11-9-14-17(22-19(20)23-24(14)10-11)21-16-13-7-5-12(6-8-13)15(16)18(25)26-4-2/h3,9-10,12-13,15-16H,1,4-8H2,2H3,(H,21,22,23)/t12?,13?,15-,16-/m0/s1. The minimum Gasteiger partial charge on any atom is -0.466 e. The van der Waals surface area contributed by atoms with Crippen LogP contribution in [0.25, 0.3) is 11.6 Å². The molecule has 0 spiro atoms. The zero-order valence-corrected chi connectivity index (χ0v) is 15.6. The predicted octanol–water partition coefficient (Wildman–Crippen LogP) is 3.81. The Kier molecular flexibility index (Phi) is 4.61. The Hall–Kier alpha value is -2.08. The Morgan fingerprint density at radius 1 is 1.42 bits per heavy atom. The first kappa shape index (κ1) is 17.3. The van der Waals surface area contributed by atoms with Crippen LogP contribution >= 0.6 is 11.6 Å². The molecule has 2 aromatic heterocycles. The molecule has 138 valence electrons. The molecule has 2 atom stereocenters. The lowest BCUT2D eigenvalue weighted by atomic mass is 9.61. The van der Waals surface area contributed by atoms with Crippen molar-refractivity contribution in [3.63, 3.8) is 0 Å². The van der Waals surface area contributed by atoms with Gasteiger partial charge in [0.25, 0.3) is 0 Å². The molecule has 2 aromatic rings. The van der Waals surface area contributed by atoms with Crippen molar-refractivity contribution < 1.29 is 9.53 Å². The van der Waals surface area contributed by atoms with Gasteiger partial charge in [-0.15, -0.1) is 5.10 Å². The van der Waals surface area contributed by atoms with Crippen LogP contribution in [0.5, 0.6) is 0 Å². The van der Waals surface area contributed by atoms with E-state index in [4.69, 9.17) is 16.3 Å². The number of nitrogens with one attached hydrogen (secondary N) is 1. The molecule has 1 N–H and O–H groups in total. The topological polar surface area (TPSA) is 68.5 Å². The summed E-state index contributed by atoms with van der Waals surface area (Å²) in [7, 11) is 0. The summed E-state index contributed by atoms with van der Waals surface area (Å²) in [6, 6.07) is 1.98. The van der Waals surface area contributed by atoms with Crippen molar-refractivity contribution in [2.24, 2.45) is 17.8 Å². The summed E-state index contributed by atoms with van der Waals surface area (Å²) in [5, 5.41) is 7.92. The molecule has 3 aliphatic carbocycles. The van der Waals surface area contributed by atoms with Crippen LogP contribution in [0, 0.1) is 17.8 Å². The number of ether oxygens (including phenoxy) is 1. The number of fused-ring (bicyclic) bond motifs is 4. The minimum atomic E-state index is -0.134. The number of hydrogen-bond acceptors (Lipinski definition) is 5. The summed E-state index contributed by atoms with van der Waals surface area (Å²) >= 11 is 6.12. The molecule has 2 heterocycles. The molecular formula is C19H23ClN4O2. The van der Waals surface area contributed by atoms with E-state index >= 15 is 0 Å². The molecule has 3 saturated carbocycles. The van der Waals surface area contributed by atoms with Gasteiger partial charge in [0, 0.05) is 12.2 Å². The van der Waals surface area contributed by atoms with Crippen molar-refractivity contribution in [3.8, 4) is 0 Å². The highest BCUT2D eigenvalue weighted by Gasteiger charge is 2.48. The summed E-state index contributed by atoms with van der Waals surface area (Å²) in [5.41, 5.74) is 1.77. The summed E-state index contributed by atoms with van der Waals surface area (Å²) in [5.74, 6) is 1.24. The van der Waals surface area contributed by atoms with Gasteiger partial charge in [-0.25, -0.2) is 4.52 Å². The molecule has 6 nitrogen and oxygen atoms in total. The van der Waals surface area contributed by atoms with Crippen LogP contribution in [-0.2, 0) is 9.53 Å². The van der Waals surface area contributed by atoms with Crippen molar-refractivity contribution in [2.45, 2.75) is 38.6 Å². The van der Waals surface area contributed by atoms with Crippen molar-refractivity contribution in [3.05, 3.63) is 29.7 Å². The molecule has 0 unspecified atom stereocenters. The maximum absolute atomic E-state index is 12.6. The van der Waals surface area contributed by atoms with E-state index in [0.717, 1.165) is 36.8 Å². The van der Waals surface area contributed by atoms with Crippen molar-refractivity contribution in [1.82, 2.24) is 14.6 Å². The third-order valence-electron chi connectivity index (χ3n) is 5.78. The smallest absolute Gasteiger partial charge is 0.311 e. The third kappa shape index (κ3) is 2.96. The monoisotopic (exact) mass is 374 g/mol. The molecule has 7 heteroatoms. The van der Waals surface area contributed by atoms with Crippen LogP contribution < -0.4 is 5.32 Å². The second-order valence-corrected chi connectivity index (χ2v) is 7.50. The zero-order chi connectivity index (χ0) is 18.3. The molecule has 0 amide bonds. The molecule has 0 aromatic carbocycles. The van der Waals surface area contributed by atoms with Crippen molar-refractivity contribution in [1.29, 1.82) is 0 Å². The van der Waals surface area contributed by atoms with E-state index in [1.807, 2.05) is 19.2 Å². The molecule has 2 bridgehead atoms. The van der Waals surface area contributed by atoms with E-state index in [1.165, 1.54) is 0 Å². The average Bonchev–Trinajstić information content (AvgIpc) is 3.06. The molecule has 5 rings (SSSR count). The number of anilines is 1. The molecule has 0 radical (unpaired) electrons. The number of rotatable bonds is 5. The van der Waals surface area contributed by atoms with E-state index in [0.29, 0.717) is 24.3 Å². The maximum Gasteiger partial charge on any atom is 0.311 e. The van der Waals surface area contributed by atoms with Gasteiger partial charge in [-0.1, -0.05) is 12.7 Å². The quantitative estimate of drug-likeness (QED) is 0.806. The van der Waals surface area contributed by atoms with Crippen LogP contribution in [0.2, 0.25) is 5.28 Å². The lowest BCUT2D eigenvalue weighted by Gasteiger charge is -2.47. The number of carbonyl (C=O) groups is 1. The minimum absolute atomic E-state index is 0.0124. The lowest BCUT2D eigenvalue weighted by Crippen LogP contribution is -2.52. The van der Waals surface area contributed by atoms with E-state index in [-0.39, 0.29) is 23.2 Å². The van der Waals surface area contributed by atoms with Gasteiger partial charge in [0.15, 0.2) is 5.82 Å². The molecular weight excluding hydrogens is 352 g/mol. The van der Waals surface area contributed by atoms with Crippen LogP contribution in [0.1, 0.15) is 38.2 Å². The predicted molar refractivity (Wildman–Crippen MR) is 101 cm³/mol. The Bertz CT molecular complexity index is 841. The van der Waals surface area contributed by atoms with Gasteiger partial charge in [-0.2, -0.15) is 4.98 Å². The fourth-order valence-corrected chi connectivity index (χ4v) is 4.77. The van der Waals surface area contributed by atoms with Crippen LogP contribution in [-0.4, -0.2) is 33.2 Å². The maximum atomic E-state index is 12.6. The van der Waals surface area contributed by atoms with E-state index in [9.17, 15) is 4.79 Å². The van der Waals surface area contributed by atoms with E-state index < -0.39 is 0 Å². The Morgan fingerprint density at radius 3 is 2.85 bits per heavy atom. The largest absolute Gasteiger partial charge is 0.466 e. The number of halogens is 1. The third-order valence-corrected chi connectivity index (χ3v) is 5.94. The van der Waals surface area contributed by atoms with Crippen LogP contribution in [0.15, 0.2) is 18.8 Å². The summed E-state index contributed by atoms with van der Waals surface area (Å²) in [4.78, 5) is 17.0. The number of hydrogen-bond donors (Lipinski definition) is 1. The second-order valence-electron chi connectivity index (χ2n) is 7.16. The molecule has 0 aliphatic heterocycles. The van der Waals surface area contributed by atoms with E-state index in [1.54, 1.807) is 10.6 Å². The van der Waals surface area contributed by atoms with Gasteiger partial charge in [0.05, 0.1) is 12.5 Å². The Labute approximate surface area is 157 Å².